The fourth-order valence-electron chi connectivity index (χ4n) is 3.13. The van der Waals surface area contributed by atoms with Crippen molar-refractivity contribution in [2.75, 3.05) is 0 Å². The van der Waals surface area contributed by atoms with Gasteiger partial charge in [-0.1, -0.05) is 37.1 Å². The standard InChI is InChI=1S/C17H27NO2/c18-17(20)11-9-14-5-3-4-13(12-14)8-10-15-6-1-2-7-16(15)19/h3-5,12,15-17,19-20H,1-2,6-11,18H2. The Morgan fingerprint density at radius 2 is 1.85 bits per heavy atom. The van der Waals surface area contributed by atoms with Crippen LogP contribution in [0.15, 0.2) is 24.3 Å². The third-order valence-electron chi connectivity index (χ3n) is 4.39. The maximum Gasteiger partial charge on any atom is 0.102 e. The first-order valence-electron chi connectivity index (χ1n) is 7.84. The van der Waals surface area contributed by atoms with E-state index in [2.05, 4.69) is 24.3 Å². The molecule has 0 spiro atoms. The van der Waals surface area contributed by atoms with Crippen LogP contribution in [0.3, 0.4) is 0 Å². The largest absolute Gasteiger partial charge is 0.393 e. The molecule has 3 unspecified atom stereocenters. The van der Waals surface area contributed by atoms with Gasteiger partial charge in [0.2, 0.25) is 0 Å². The molecule has 3 nitrogen and oxygen atoms in total. The molecule has 1 aromatic rings. The Kier molecular flexibility index (Phi) is 6.02. The Hall–Kier alpha value is -0.900. The van der Waals surface area contributed by atoms with Crippen LogP contribution in [0, 0.1) is 5.92 Å². The van der Waals surface area contributed by atoms with Crippen molar-refractivity contribution in [1.82, 2.24) is 0 Å². The average Bonchev–Trinajstić information content (AvgIpc) is 2.45. The van der Waals surface area contributed by atoms with Crippen molar-refractivity contribution in [3.63, 3.8) is 0 Å². The lowest BCUT2D eigenvalue weighted by Gasteiger charge is -2.27. The van der Waals surface area contributed by atoms with Gasteiger partial charge in [0.1, 0.15) is 6.23 Å². The lowest BCUT2D eigenvalue weighted by Crippen LogP contribution is -2.24. The molecule has 3 heteroatoms. The van der Waals surface area contributed by atoms with E-state index in [4.69, 9.17) is 10.8 Å². The Morgan fingerprint density at radius 1 is 1.15 bits per heavy atom. The van der Waals surface area contributed by atoms with Crippen LogP contribution in [0.5, 0.6) is 0 Å². The highest BCUT2D eigenvalue weighted by molar-refractivity contribution is 5.23. The first-order chi connectivity index (χ1) is 9.65. The molecule has 3 atom stereocenters. The first kappa shape index (κ1) is 15.5. The van der Waals surface area contributed by atoms with Crippen LogP contribution in [-0.2, 0) is 12.8 Å². The van der Waals surface area contributed by atoms with Crippen molar-refractivity contribution in [2.24, 2.45) is 11.7 Å². The summed E-state index contributed by atoms with van der Waals surface area (Å²) in [7, 11) is 0. The van der Waals surface area contributed by atoms with Gasteiger partial charge in [-0.15, -0.1) is 0 Å². The van der Waals surface area contributed by atoms with Crippen molar-refractivity contribution in [3.05, 3.63) is 35.4 Å². The zero-order valence-corrected chi connectivity index (χ0v) is 12.2. The molecule has 0 aromatic heterocycles. The zero-order valence-electron chi connectivity index (χ0n) is 12.2. The van der Waals surface area contributed by atoms with E-state index in [1.165, 1.54) is 30.4 Å². The minimum Gasteiger partial charge on any atom is -0.393 e. The second kappa shape index (κ2) is 7.77. The molecule has 0 bridgehead atoms. The van der Waals surface area contributed by atoms with Gasteiger partial charge in [0, 0.05) is 0 Å². The summed E-state index contributed by atoms with van der Waals surface area (Å²) in [6.45, 7) is 0. The number of nitrogens with two attached hydrogens (primary N) is 1. The van der Waals surface area contributed by atoms with E-state index in [1.54, 1.807) is 0 Å². The molecule has 0 heterocycles. The van der Waals surface area contributed by atoms with Gasteiger partial charge in [-0.25, -0.2) is 0 Å². The molecule has 1 saturated carbocycles. The van der Waals surface area contributed by atoms with Crippen LogP contribution in [-0.4, -0.2) is 22.5 Å². The molecular weight excluding hydrogens is 250 g/mol. The molecule has 0 radical (unpaired) electrons. The van der Waals surface area contributed by atoms with E-state index >= 15 is 0 Å². The summed E-state index contributed by atoms with van der Waals surface area (Å²) in [6.07, 6.45) is 7.27. The average molecular weight is 277 g/mol. The van der Waals surface area contributed by atoms with E-state index in [9.17, 15) is 5.11 Å². The Labute approximate surface area is 121 Å². The lowest BCUT2D eigenvalue weighted by molar-refractivity contribution is 0.0655. The van der Waals surface area contributed by atoms with Crippen molar-refractivity contribution >= 4 is 0 Å². The molecule has 2 rings (SSSR count). The topological polar surface area (TPSA) is 66.5 Å². The maximum atomic E-state index is 10.0. The highest BCUT2D eigenvalue weighted by Gasteiger charge is 2.22. The summed E-state index contributed by atoms with van der Waals surface area (Å²) in [5.41, 5.74) is 7.94. The Morgan fingerprint density at radius 3 is 2.55 bits per heavy atom. The molecule has 1 aliphatic carbocycles. The molecule has 4 N–H and O–H groups in total. The predicted octanol–water partition coefficient (Wildman–Crippen LogP) is 2.38. The number of benzene rings is 1. The van der Waals surface area contributed by atoms with Gasteiger partial charge in [-0.2, -0.15) is 0 Å². The molecule has 1 fully saturated rings. The zero-order chi connectivity index (χ0) is 14.4. The number of hydrogen-bond acceptors (Lipinski definition) is 3. The summed E-state index contributed by atoms with van der Waals surface area (Å²) in [5.74, 6) is 0.471. The normalized spacial score (nSPS) is 24.6. The Bertz CT molecular complexity index is 406. The van der Waals surface area contributed by atoms with Crippen molar-refractivity contribution in [2.45, 2.75) is 63.7 Å². The van der Waals surface area contributed by atoms with Gasteiger partial charge in [-0.3, -0.25) is 0 Å². The monoisotopic (exact) mass is 277 g/mol. The van der Waals surface area contributed by atoms with E-state index in [0.717, 1.165) is 25.7 Å². The number of aliphatic hydroxyl groups is 2. The SMILES string of the molecule is NC(O)CCc1cccc(CCC2CCCCC2O)c1. The molecule has 0 amide bonds. The number of aryl methyl sites for hydroxylation is 2. The fourth-order valence-corrected chi connectivity index (χ4v) is 3.13. The minimum absolute atomic E-state index is 0.0979. The van der Waals surface area contributed by atoms with Crippen LogP contribution < -0.4 is 5.73 Å². The molecule has 0 saturated heterocycles. The van der Waals surface area contributed by atoms with E-state index in [-0.39, 0.29) is 6.10 Å². The van der Waals surface area contributed by atoms with E-state index in [0.29, 0.717) is 12.3 Å². The van der Waals surface area contributed by atoms with Crippen LogP contribution in [0.2, 0.25) is 0 Å². The fraction of sp³-hybridized carbons (Fsp3) is 0.647. The van der Waals surface area contributed by atoms with Crippen LogP contribution in [0.1, 0.15) is 49.7 Å². The van der Waals surface area contributed by atoms with Gasteiger partial charge in [0.25, 0.3) is 0 Å². The van der Waals surface area contributed by atoms with Crippen LogP contribution >= 0.6 is 0 Å². The molecule has 112 valence electrons. The maximum absolute atomic E-state index is 10.0. The van der Waals surface area contributed by atoms with Crippen molar-refractivity contribution < 1.29 is 10.2 Å². The highest BCUT2D eigenvalue weighted by Crippen LogP contribution is 2.28. The summed E-state index contributed by atoms with van der Waals surface area (Å²) >= 11 is 0. The van der Waals surface area contributed by atoms with Crippen LogP contribution in [0.4, 0.5) is 0 Å². The van der Waals surface area contributed by atoms with Gasteiger partial charge in [0.15, 0.2) is 0 Å². The minimum atomic E-state index is -0.726. The second-order valence-corrected chi connectivity index (χ2v) is 6.08. The van der Waals surface area contributed by atoms with Gasteiger partial charge in [0.05, 0.1) is 6.10 Å². The molecule has 0 aliphatic heterocycles. The number of hydrogen-bond donors (Lipinski definition) is 3. The molecule has 1 aliphatic rings. The van der Waals surface area contributed by atoms with Gasteiger partial charge in [-0.05, 0) is 55.6 Å². The van der Waals surface area contributed by atoms with E-state index in [1.807, 2.05) is 0 Å². The van der Waals surface area contributed by atoms with Gasteiger partial charge < -0.3 is 15.9 Å². The molecule has 20 heavy (non-hydrogen) atoms. The predicted molar refractivity (Wildman–Crippen MR) is 81.2 cm³/mol. The van der Waals surface area contributed by atoms with E-state index < -0.39 is 6.23 Å². The smallest absolute Gasteiger partial charge is 0.102 e. The van der Waals surface area contributed by atoms with Gasteiger partial charge >= 0.3 is 0 Å². The summed E-state index contributed by atoms with van der Waals surface area (Å²) in [5, 5.41) is 19.1. The summed E-state index contributed by atoms with van der Waals surface area (Å²) < 4.78 is 0. The van der Waals surface area contributed by atoms with Crippen LogP contribution in [0.25, 0.3) is 0 Å². The third kappa shape index (κ3) is 4.89. The summed E-state index contributed by atoms with van der Waals surface area (Å²) in [6, 6.07) is 8.52. The first-order valence-corrected chi connectivity index (χ1v) is 7.84. The number of aliphatic hydroxyl groups excluding tert-OH is 2. The lowest BCUT2D eigenvalue weighted by atomic mass is 9.83. The quantitative estimate of drug-likeness (QED) is 0.699. The third-order valence-corrected chi connectivity index (χ3v) is 4.39. The Balaban J connectivity index is 1.84. The van der Waals surface area contributed by atoms with Crippen molar-refractivity contribution in [1.29, 1.82) is 0 Å². The summed E-state index contributed by atoms with van der Waals surface area (Å²) in [4.78, 5) is 0. The second-order valence-electron chi connectivity index (χ2n) is 6.08. The van der Waals surface area contributed by atoms with Crippen molar-refractivity contribution in [3.8, 4) is 0 Å². The molecule has 1 aromatic carbocycles. The molecular formula is C17H27NO2. The number of rotatable bonds is 6. The highest BCUT2D eigenvalue weighted by atomic mass is 16.3.